The molecule has 4 nitrogen and oxygen atoms in total. The second kappa shape index (κ2) is 5.05. The zero-order chi connectivity index (χ0) is 13.2. The number of ether oxygens (including phenoxy) is 1. The molecule has 0 saturated carbocycles. The van der Waals surface area contributed by atoms with Crippen LogP contribution in [0.3, 0.4) is 0 Å². The van der Waals surface area contributed by atoms with Gasteiger partial charge in [-0.15, -0.1) is 0 Å². The van der Waals surface area contributed by atoms with Crippen molar-refractivity contribution in [3.63, 3.8) is 0 Å². The van der Waals surface area contributed by atoms with Gasteiger partial charge < -0.3 is 15.8 Å². The lowest BCUT2D eigenvalue weighted by atomic mass is 9.95. The summed E-state index contributed by atoms with van der Waals surface area (Å²) in [6.45, 7) is 0. The van der Waals surface area contributed by atoms with Crippen molar-refractivity contribution in [3.05, 3.63) is 35.9 Å². The number of nitrogens with two attached hydrogens (primary N) is 1. The molecular weight excluding hydrogens is 240 g/mol. The van der Waals surface area contributed by atoms with Gasteiger partial charge in [0.2, 0.25) is 5.91 Å². The zero-order valence-corrected chi connectivity index (χ0v) is 10.7. The molecule has 2 heterocycles. The number of anilines is 1. The van der Waals surface area contributed by atoms with E-state index < -0.39 is 0 Å². The fourth-order valence-electron chi connectivity index (χ4n) is 2.86. The van der Waals surface area contributed by atoms with E-state index in [0.29, 0.717) is 11.8 Å². The second-order valence-corrected chi connectivity index (χ2v) is 5.23. The first-order valence-corrected chi connectivity index (χ1v) is 6.70. The van der Waals surface area contributed by atoms with Gasteiger partial charge in [0, 0.05) is 11.8 Å². The van der Waals surface area contributed by atoms with Crippen molar-refractivity contribution in [1.29, 1.82) is 0 Å². The molecule has 0 aliphatic carbocycles. The highest BCUT2D eigenvalue weighted by Crippen LogP contribution is 2.34. The minimum atomic E-state index is -0.0661. The lowest BCUT2D eigenvalue weighted by Gasteiger charge is -2.18. The average molecular weight is 258 g/mol. The van der Waals surface area contributed by atoms with E-state index in [2.05, 4.69) is 5.32 Å². The Morgan fingerprint density at radius 3 is 3.00 bits per heavy atom. The Morgan fingerprint density at radius 1 is 1.42 bits per heavy atom. The third-order valence-corrected chi connectivity index (χ3v) is 3.77. The third-order valence-electron chi connectivity index (χ3n) is 3.77. The van der Waals surface area contributed by atoms with Gasteiger partial charge in [-0.25, -0.2) is 0 Å². The summed E-state index contributed by atoms with van der Waals surface area (Å²) >= 11 is 0. The predicted molar refractivity (Wildman–Crippen MR) is 74.3 cm³/mol. The summed E-state index contributed by atoms with van der Waals surface area (Å²) in [5.41, 5.74) is 7.32. The maximum absolute atomic E-state index is 11.8. The second-order valence-electron chi connectivity index (χ2n) is 5.23. The number of rotatable bonds is 3. The van der Waals surface area contributed by atoms with Gasteiger partial charge in [0.05, 0.1) is 18.2 Å². The Balaban J connectivity index is 1.56. The maximum Gasteiger partial charge on any atom is 0.244 e. The highest BCUT2D eigenvalue weighted by Gasteiger charge is 2.41. The molecule has 19 heavy (non-hydrogen) atoms. The van der Waals surface area contributed by atoms with Crippen LogP contribution >= 0.6 is 0 Å². The van der Waals surface area contributed by atoms with Crippen molar-refractivity contribution in [2.45, 2.75) is 37.5 Å². The molecule has 0 radical (unpaired) electrons. The largest absolute Gasteiger partial charge is 0.399 e. The Bertz CT molecular complexity index is 513. The number of fused-ring (bicyclic) bond motifs is 2. The van der Waals surface area contributed by atoms with Gasteiger partial charge in [0.1, 0.15) is 0 Å². The molecule has 2 saturated heterocycles. The molecule has 2 aliphatic rings. The molecule has 1 amide bonds. The number of carbonyl (C=O) groups excluding carboxylic acids is 1. The summed E-state index contributed by atoms with van der Waals surface area (Å²) in [4.78, 5) is 11.8. The van der Waals surface area contributed by atoms with Crippen LogP contribution in [0.25, 0.3) is 6.08 Å². The molecule has 1 aromatic carbocycles. The SMILES string of the molecule is Nc1cccc(/C=C/C(=O)NC2CC3CCC2O3)c1. The van der Waals surface area contributed by atoms with Gasteiger partial charge in [-0.05, 0) is 43.0 Å². The van der Waals surface area contributed by atoms with Crippen LogP contribution in [0.5, 0.6) is 0 Å². The molecule has 1 aromatic rings. The van der Waals surface area contributed by atoms with Crippen LogP contribution in [-0.4, -0.2) is 24.2 Å². The fourth-order valence-corrected chi connectivity index (χ4v) is 2.86. The van der Waals surface area contributed by atoms with Gasteiger partial charge in [-0.2, -0.15) is 0 Å². The first-order valence-electron chi connectivity index (χ1n) is 6.70. The van der Waals surface area contributed by atoms with Crippen LogP contribution in [0.2, 0.25) is 0 Å². The van der Waals surface area contributed by atoms with Crippen molar-refractivity contribution in [2.75, 3.05) is 5.73 Å². The van der Waals surface area contributed by atoms with Gasteiger partial charge >= 0.3 is 0 Å². The van der Waals surface area contributed by atoms with Crippen molar-refractivity contribution in [1.82, 2.24) is 5.32 Å². The van der Waals surface area contributed by atoms with E-state index in [-0.39, 0.29) is 18.1 Å². The number of hydrogen-bond donors (Lipinski definition) is 2. The number of amides is 1. The molecule has 3 atom stereocenters. The van der Waals surface area contributed by atoms with E-state index in [9.17, 15) is 4.79 Å². The lowest BCUT2D eigenvalue weighted by Crippen LogP contribution is -2.40. The van der Waals surface area contributed by atoms with Crippen molar-refractivity contribution in [3.8, 4) is 0 Å². The highest BCUT2D eigenvalue weighted by atomic mass is 16.5. The molecule has 2 fully saturated rings. The zero-order valence-electron chi connectivity index (χ0n) is 10.7. The third kappa shape index (κ3) is 2.79. The van der Waals surface area contributed by atoms with E-state index in [1.165, 1.54) is 0 Å². The molecule has 2 bridgehead atoms. The number of carbonyl (C=O) groups is 1. The molecule has 3 rings (SSSR count). The quantitative estimate of drug-likeness (QED) is 0.641. The molecule has 3 N–H and O–H groups in total. The molecular formula is C15H18N2O2. The summed E-state index contributed by atoms with van der Waals surface area (Å²) in [5.74, 6) is -0.0661. The molecule has 0 aromatic heterocycles. The highest BCUT2D eigenvalue weighted by molar-refractivity contribution is 5.92. The monoisotopic (exact) mass is 258 g/mol. The van der Waals surface area contributed by atoms with Crippen LogP contribution in [0, 0.1) is 0 Å². The number of nitrogen functional groups attached to an aromatic ring is 1. The first-order chi connectivity index (χ1) is 9.20. The summed E-state index contributed by atoms with van der Waals surface area (Å²) in [7, 11) is 0. The topological polar surface area (TPSA) is 64.4 Å². The van der Waals surface area contributed by atoms with Gasteiger partial charge in [-0.1, -0.05) is 12.1 Å². The molecule has 3 unspecified atom stereocenters. The van der Waals surface area contributed by atoms with Gasteiger partial charge in [-0.3, -0.25) is 4.79 Å². The van der Waals surface area contributed by atoms with E-state index in [4.69, 9.17) is 10.5 Å². The Labute approximate surface area is 112 Å². The molecule has 2 aliphatic heterocycles. The lowest BCUT2D eigenvalue weighted by molar-refractivity contribution is -0.117. The minimum absolute atomic E-state index is 0.0661. The summed E-state index contributed by atoms with van der Waals surface area (Å²) in [6, 6.07) is 7.63. The van der Waals surface area contributed by atoms with E-state index in [1.54, 1.807) is 12.2 Å². The smallest absolute Gasteiger partial charge is 0.244 e. The predicted octanol–water partition coefficient (Wildman–Crippen LogP) is 1.72. The van der Waals surface area contributed by atoms with Gasteiger partial charge in [0.25, 0.3) is 0 Å². The molecule has 100 valence electrons. The van der Waals surface area contributed by atoms with Crippen LogP contribution in [-0.2, 0) is 9.53 Å². The molecule has 0 spiro atoms. The van der Waals surface area contributed by atoms with Crippen molar-refractivity contribution < 1.29 is 9.53 Å². The maximum atomic E-state index is 11.8. The van der Waals surface area contributed by atoms with E-state index in [0.717, 1.165) is 24.8 Å². The summed E-state index contributed by atoms with van der Waals surface area (Å²) in [6.07, 6.45) is 7.05. The Kier molecular flexibility index (Phi) is 3.25. The number of nitrogens with one attached hydrogen (secondary N) is 1. The van der Waals surface area contributed by atoms with E-state index in [1.807, 2.05) is 24.3 Å². The minimum Gasteiger partial charge on any atom is -0.399 e. The van der Waals surface area contributed by atoms with Crippen LogP contribution in [0.4, 0.5) is 5.69 Å². The average Bonchev–Trinajstić information content (AvgIpc) is 2.99. The summed E-state index contributed by atoms with van der Waals surface area (Å²) < 4.78 is 5.71. The van der Waals surface area contributed by atoms with Crippen molar-refractivity contribution >= 4 is 17.7 Å². The Morgan fingerprint density at radius 2 is 2.32 bits per heavy atom. The standard InChI is InChI=1S/C15H18N2O2/c16-11-3-1-2-10(8-11)4-7-15(18)17-13-9-12-5-6-14(13)19-12/h1-4,7-8,12-14H,5-6,9,16H2,(H,17,18)/b7-4+. The van der Waals surface area contributed by atoms with Crippen LogP contribution in [0.1, 0.15) is 24.8 Å². The first kappa shape index (κ1) is 12.2. The van der Waals surface area contributed by atoms with Gasteiger partial charge in [0.15, 0.2) is 0 Å². The number of hydrogen-bond acceptors (Lipinski definition) is 3. The Hall–Kier alpha value is -1.81. The molecule has 4 heteroatoms. The summed E-state index contributed by atoms with van der Waals surface area (Å²) in [5, 5.41) is 3.01. The van der Waals surface area contributed by atoms with Crippen LogP contribution < -0.4 is 11.1 Å². The number of benzene rings is 1. The fraction of sp³-hybridized carbons (Fsp3) is 0.400. The van der Waals surface area contributed by atoms with Crippen LogP contribution in [0.15, 0.2) is 30.3 Å². The van der Waals surface area contributed by atoms with E-state index >= 15 is 0 Å². The van der Waals surface area contributed by atoms with Crippen molar-refractivity contribution in [2.24, 2.45) is 0 Å². The normalized spacial score (nSPS) is 28.9.